The van der Waals surface area contributed by atoms with E-state index >= 15 is 0 Å². The summed E-state index contributed by atoms with van der Waals surface area (Å²) in [5.41, 5.74) is -0.518. The van der Waals surface area contributed by atoms with Gasteiger partial charge in [-0.05, 0) is 37.3 Å². The molecular formula is C21H12Cl2F4O3. The lowest BCUT2D eigenvalue weighted by Gasteiger charge is -2.13. The van der Waals surface area contributed by atoms with E-state index in [4.69, 9.17) is 32.7 Å². The molecule has 3 rings (SSSR count). The second-order valence-corrected chi connectivity index (χ2v) is 7.02. The van der Waals surface area contributed by atoms with Crippen LogP contribution in [-0.2, 0) is 6.18 Å². The minimum absolute atomic E-state index is 0.0933. The average Bonchev–Trinajstić information content (AvgIpc) is 2.65. The van der Waals surface area contributed by atoms with Gasteiger partial charge in [0.2, 0.25) is 0 Å². The van der Waals surface area contributed by atoms with E-state index < -0.39 is 34.1 Å². The van der Waals surface area contributed by atoms with Crippen LogP contribution in [-0.4, -0.2) is 5.97 Å². The van der Waals surface area contributed by atoms with Crippen molar-refractivity contribution >= 4 is 29.2 Å². The summed E-state index contributed by atoms with van der Waals surface area (Å²) in [6.45, 7) is 1.85. The number of ether oxygens (including phenoxy) is 2. The molecule has 30 heavy (non-hydrogen) atoms. The maximum Gasteiger partial charge on any atom is 0.417 e. The molecule has 0 aliphatic rings. The van der Waals surface area contributed by atoms with Crippen LogP contribution < -0.4 is 9.47 Å². The fourth-order valence-electron chi connectivity index (χ4n) is 2.45. The van der Waals surface area contributed by atoms with Crippen molar-refractivity contribution in [2.24, 2.45) is 0 Å². The maximum absolute atomic E-state index is 14.4. The highest BCUT2D eigenvalue weighted by Crippen LogP contribution is 2.38. The van der Waals surface area contributed by atoms with Crippen LogP contribution in [0.1, 0.15) is 21.5 Å². The molecule has 0 saturated heterocycles. The first kappa shape index (κ1) is 21.9. The average molecular weight is 459 g/mol. The Bertz CT molecular complexity index is 1100. The monoisotopic (exact) mass is 458 g/mol. The van der Waals surface area contributed by atoms with E-state index in [1.165, 1.54) is 0 Å². The van der Waals surface area contributed by atoms with Crippen LogP contribution in [0, 0.1) is 12.7 Å². The summed E-state index contributed by atoms with van der Waals surface area (Å²) in [5.74, 6) is -2.03. The molecule has 0 aromatic heterocycles. The molecule has 0 N–H and O–H groups in total. The summed E-state index contributed by atoms with van der Waals surface area (Å²) in [5, 5.41) is -0.738. The van der Waals surface area contributed by atoms with Gasteiger partial charge in [-0.1, -0.05) is 40.9 Å². The van der Waals surface area contributed by atoms with E-state index in [9.17, 15) is 22.4 Å². The Morgan fingerprint density at radius 2 is 1.53 bits per heavy atom. The first-order valence-corrected chi connectivity index (χ1v) is 9.12. The van der Waals surface area contributed by atoms with Crippen molar-refractivity contribution in [1.29, 1.82) is 0 Å². The van der Waals surface area contributed by atoms with Crippen molar-refractivity contribution in [2.75, 3.05) is 0 Å². The van der Waals surface area contributed by atoms with E-state index in [0.717, 1.165) is 35.9 Å². The molecular weight excluding hydrogens is 447 g/mol. The number of aryl methyl sites for hydroxylation is 1. The minimum Gasteiger partial charge on any atom is -0.456 e. The van der Waals surface area contributed by atoms with Gasteiger partial charge < -0.3 is 9.47 Å². The van der Waals surface area contributed by atoms with Gasteiger partial charge in [-0.15, -0.1) is 0 Å². The SMILES string of the molecule is Cc1ccc(OC(=O)c2cc(Cl)c(Oc3ccc(C(F)(F)F)c(Cl)c3)cc2F)cc1. The molecule has 0 heterocycles. The maximum atomic E-state index is 14.4. The lowest BCUT2D eigenvalue weighted by molar-refractivity contribution is -0.137. The van der Waals surface area contributed by atoms with Crippen molar-refractivity contribution in [1.82, 2.24) is 0 Å². The largest absolute Gasteiger partial charge is 0.456 e. The summed E-state index contributed by atoms with van der Waals surface area (Å²) in [7, 11) is 0. The van der Waals surface area contributed by atoms with E-state index in [-0.39, 0.29) is 22.3 Å². The van der Waals surface area contributed by atoms with E-state index in [2.05, 4.69) is 0 Å². The van der Waals surface area contributed by atoms with Gasteiger partial charge >= 0.3 is 12.1 Å². The summed E-state index contributed by atoms with van der Waals surface area (Å²) < 4.78 is 63.2. The smallest absolute Gasteiger partial charge is 0.417 e. The van der Waals surface area contributed by atoms with Crippen molar-refractivity contribution in [3.8, 4) is 17.2 Å². The second kappa shape index (κ2) is 8.53. The van der Waals surface area contributed by atoms with Gasteiger partial charge in [-0.2, -0.15) is 13.2 Å². The second-order valence-electron chi connectivity index (χ2n) is 6.21. The lowest BCUT2D eigenvalue weighted by atomic mass is 10.2. The number of halogens is 6. The predicted octanol–water partition coefficient (Wildman–Crippen LogP) is 7.47. The van der Waals surface area contributed by atoms with Crippen LogP contribution in [0.25, 0.3) is 0 Å². The highest BCUT2D eigenvalue weighted by Gasteiger charge is 2.33. The van der Waals surface area contributed by atoms with Crippen molar-refractivity contribution in [2.45, 2.75) is 13.1 Å². The van der Waals surface area contributed by atoms with Crippen LogP contribution in [0.15, 0.2) is 54.6 Å². The van der Waals surface area contributed by atoms with Crippen LogP contribution in [0.5, 0.6) is 17.2 Å². The number of esters is 1. The van der Waals surface area contributed by atoms with Gasteiger partial charge in [0, 0.05) is 12.1 Å². The van der Waals surface area contributed by atoms with Crippen LogP contribution in [0.3, 0.4) is 0 Å². The van der Waals surface area contributed by atoms with Gasteiger partial charge in [0.15, 0.2) is 0 Å². The van der Waals surface area contributed by atoms with Crippen molar-refractivity contribution < 1.29 is 31.8 Å². The Hall–Kier alpha value is -2.77. The molecule has 3 aromatic rings. The Kier molecular flexibility index (Phi) is 6.24. The highest BCUT2D eigenvalue weighted by molar-refractivity contribution is 6.32. The Labute approximate surface area is 178 Å². The number of alkyl halides is 3. The zero-order valence-corrected chi connectivity index (χ0v) is 16.7. The number of benzene rings is 3. The minimum atomic E-state index is -4.63. The van der Waals surface area contributed by atoms with Gasteiger partial charge in [0.05, 0.1) is 21.2 Å². The molecule has 9 heteroatoms. The number of hydrogen-bond acceptors (Lipinski definition) is 3. The third-order valence-corrected chi connectivity index (χ3v) is 4.55. The fraction of sp³-hybridized carbons (Fsp3) is 0.0952. The molecule has 0 radical (unpaired) electrons. The zero-order valence-electron chi connectivity index (χ0n) is 15.2. The molecule has 0 aliphatic carbocycles. The lowest BCUT2D eigenvalue weighted by Crippen LogP contribution is -2.11. The number of carbonyl (C=O) groups excluding carboxylic acids is 1. The molecule has 0 atom stereocenters. The van der Waals surface area contributed by atoms with Crippen LogP contribution in [0.2, 0.25) is 10.0 Å². The summed E-state index contributed by atoms with van der Waals surface area (Å²) in [6.07, 6.45) is -4.63. The Morgan fingerprint density at radius 3 is 2.13 bits per heavy atom. The van der Waals surface area contributed by atoms with Gasteiger partial charge in [0.25, 0.3) is 0 Å². The number of carbonyl (C=O) groups is 1. The molecule has 0 aliphatic heterocycles. The molecule has 3 nitrogen and oxygen atoms in total. The van der Waals surface area contributed by atoms with Gasteiger partial charge in [-0.3, -0.25) is 0 Å². The molecule has 0 amide bonds. The molecule has 0 unspecified atom stereocenters. The van der Waals surface area contributed by atoms with Gasteiger partial charge in [-0.25, -0.2) is 9.18 Å². The zero-order chi connectivity index (χ0) is 22.1. The summed E-state index contributed by atoms with van der Waals surface area (Å²) in [6, 6.07) is 11.1. The fourth-order valence-corrected chi connectivity index (χ4v) is 2.93. The molecule has 0 fully saturated rings. The molecule has 3 aromatic carbocycles. The highest BCUT2D eigenvalue weighted by atomic mass is 35.5. The summed E-state index contributed by atoms with van der Waals surface area (Å²) >= 11 is 11.7. The summed E-state index contributed by atoms with van der Waals surface area (Å²) in [4.78, 5) is 12.2. The Balaban J connectivity index is 1.81. The molecule has 0 spiro atoms. The standard InChI is InChI=1S/C21H12Cl2F4O3/c1-11-2-4-12(5-3-11)30-20(28)14-9-17(23)19(10-18(14)24)29-13-6-7-15(16(22)8-13)21(25,26)27/h2-10H,1H3. The molecule has 0 bridgehead atoms. The molecule has 156 valence electrons. The predicted molar refractivity (Wildman–Crippen MR) is 104 cm³/mol. The van der Waals surface area contributed by atoms with Crippen molar-refractivity contribution in [3.05, 3.63) is 87.2 Å². The van der Waals surface area contributed by atoms with E-state index in [1.54, 1.807) is 24.3 Å². The van der Waals surface area contributed by atoms with Crippen LogP contribution in [0.4, 0.5) is 17.6 Å². The van der Waals surface area contributed by atoms with Crippen LogP contribution >= 0.6 is 23.2 Å². The third-order valence-electron chi connectivity index (χ3n) is 3.95. The number of rotatable bonds is 4. The first-order chi connectivity index (χ1) is 14.0. The molecule has 0 saturated carbocycles. The van der Waals surface area contributed by atoms with Gasteiger partial charge in [0.1, 0.15) is 23.1 Å². The van der Waals surface area contributed by atoms with E-state index in [1.807, 2.05) is 6.92 Å². The van der Waals surface area contributed by atoms with Crippen molar-refractivity contribution in [3.63, 3.8) is 0 Å². The normalized spacial score (nSPS) is 11.3. The van der Waals surface area contributed by atoms with E-state index in [0.29, 0.717) is 0 Å². The number of hydrogen-bond donors (Lipinski definition) is 0. The Morgan fingerprint density at radius 1 is 0.900 bits per heavy atom. The third kappa shape index (κ3) is 5.04. The quantitative estimate of drug-likeness (QED) is 0.231. The topological polar surface area (TPSA) is 35.5 Å². The first-order valence-electron chi connectivity index (χ1n) is 8.37.